The van der Waals surface area contributed by atoms with Crippen molar-refractivity contribution in [1.82, 2.24) is 9.58 Å². The van der Waals surface area contributed by atoms with Crippen molar-refractivity contribution >= 4 is 22.5 Å². The molecule has 0 fully saturated rings. The molecule has 1 aromatic carbocycles. The lowest BCUT2D eigenvalue weighted by Gasteiger charge is -2.21. The Morgan fingerprint density at radius 1 is 1.13 bits per heavy atom. The fourth-order valence-corrected chi connectivity index (χ4v) is 3.81. The number of benzene rings is 1. The fraction of sp³-hybridized carbons (Fsp3) is 0.130. The van der Waals surface area contributed by atoms with Crippen LogP contribution in [0, 0.1) is 11.3 Å². The Labute approximate surface area is 176 Å². The first kappa shape index (κ1) is 18.6. The topological polar surface area (TPSA) is 105 Å². The number of nitrogens with zero attached hydrogens (tertiary/aromatic N) is 4. The fourth-order valence-electron chi connectivity index (χ4n) is 3.81. The maximum absolute atomic E-state index is 13.3. The van der Waals surface area contributed by atoms with Crippen LogP contribution < -0.4 is 5.43 Å². The monoisotopic (exact) mass is 412 g/mol. The number of pyridine rings is 1. The molecule has 5 rings (SSSR count). The number of carbonyl (C=O) groups is 1. The molecular weight excluding hydrogens is 396 g/mol. The minimum absolute atomic E-state index is 0.0183. The molecule has 1 atom stereocenters. The maximum Gasteiger partial charge on any atom is 0.263 e. The average Bonchev–Trinajstić information content (AvgIpc) is 3.56. The molecule has 0 saturated heterocycles. The van der Waals surface area contributed by atoms with Gasteiger partial charge in [0, 0.05) is 18.0 Å². The zero-order valence-electron chi connectivity index (χ0n) is 16.3. The summed E-state index contributed by atoms with van der Waals surface area (Å²) in [6.45, 7) is -0.0956. The molecule has 4 aromatic rings. The van der Waals surface area contributed by atoms with Crippen LogP contribution in [0.15, 0.2) is 86.0 Å². The molecule has 4 heterocycles. The number of nitriles is 1. The smallest absolute Gasteiger partial charge is 0.263 e. The zero-order chi connectivity index (χ0) is 21.4. The minimum atomic E-state index is -0.413. The molecule has 1 aliphatic rings. The van der Waals surface area contributed by atoms with Crippen LogP contribution in [0.5, 0.6) is 0 Å². The number of hydrogen-bond donors (Lipinski definition) is 0. The largest absolute Gasteiger partial charge is 0.467 e. The van der Waals surface area contributed by atoms with Gasteiger partial charge in [-0.2, -0.15) is 10.4 Å². The predicted octanol–water partition coefficient (Wildman–Crippen LogP) is 3.44. The van der Waals surface area contributed by atoms with E-state index in [1.165, 1.54) is 11.2 Å². The van der Waals surface area contributed by atoms with Crippen molar-refractivity contribution in [3.8, 4) is 6.07 Å². The molecule has 8 heteroatoms. The number of hydrazone groups is 1. The summed E-state index contributed by atoms with van der Waals surface area (Å²) in [7, 11) is 0. The van der Waals surface area contributed by atoms with Gasteiger partial charge in [0.15, 0.2) is 0 Å². The van der Waals surface area contributed by atoms with Gasteiger partial charge in [-0.15, -0.1) is 0 Å². The molecule has 0 bridgehead atoms. The second-order valence-corrected chi connectivity index (χ2v) is 7.13. The lowest BCUT2D eigenvalue weighted by atomic mass is 10.1. The van der Waals surface area contributed by atoms with Crippen LogP contribution in [-0.4, -0.2) is 21.2 Å². The van der Waals surface area contributed by atoms with Crippen LogP contribution in [0.25, 0.3) is 10.9 Å². The van der Waals surface area contributed by atoms with E-state index < -0.39 is 6.04 Å². The van der Waals surface area contributed by atoms with E-state index in [1.54, 1.807) is 65.6 Å². The summed E-state index contributed by atoms with van der Waals surface area (Å²) in [5.41, 5.74) is 0.843. The second kappa shape index (κ2) is 7.46. The summed E-state index contributed by atoms with van der Waals surface area (Å²) in [6, 6.07) is 15.5. The summed E-state index contributed by atoms with van der Waals surface area (Å²) in [5, 5.41) is 15.6. The average molecular weight is 412 g/mol. The summed E-state index contributed by atoms with van der Waals surface area (Å²) in [4.78, 5) is 25.8. The van der Waals surface area contributed by atoms with Gasteiger partial charge < -0.3 is 13.4 Å². The van der Waals surface area contributed by atoms with E-state index in [9.17, 15) is 14.9 Å². The first-order chi connectivity index (χ1) is 15.2. The van der Waals surface area contributed by atoms with Crippen LogP contribution in [0.3, 0.4) is 0 Å². The number of rotatable bonds is 4. The van der Waals surface area contributed by atoms with E-state index >= 15 is 0 Å². The van der Waals surface area contributed by atoms with Crippen molar-refractivity contribution in [2.45, 2.75) is 19.0 Å². The quantitative estimate of drug-likeness (QED) is 0.511. The third-order valence-electron chi connectivity index (χ3n) is 5.26. The van der Waals surface area contributed by atoms with Crippen LogP contribution >= 0.6 is 0 Å². The van der Waals surface area contributed by atoms with Crippen molar-refractivity contribution in [2.24, 2.45) is 5.10 Å². The third-order valence-corrected chi connectivity index (χ3v) is 5.26. The molecule has 31 heavy (non-hydrogen) atoms. The predicted molar refractivity (Wildman–Crippen MR) is 111 cm³/mol. The van der Waals surface area contributed by atoms with E-state index in [1.807, 2.05) is 6.07 Å². The van der Waals surface area contributed by atoms with Crippen LogP contribution in [0.2, 0.25) is 0 Å². The first-order valence-electron chi connectivity index (χ1n) is 9.65. The van der Waals surface area contributed by atoms with Gasteiger partial charge in [-0.05, 0) is 36.4 Å². The number of fused-ring (bicyclic) bond motifs is 1. The lowest BCUT2D eigenvalue weighted by Crippen LogP contribution is -2.31. The molecule has 0 aliphatic carbocycles. The van der Waals surface area contributed by atoms with Gasteiger partial charge in [0.05, 0.1) is 18.0 Å². The second-order valence-electron chi connectivity index (χ2n) is 7.13. The SMILES string of the molecule is N#Cc1cn(CC(=O)N2N=C(c3ccco3)CC2c2ccco2)c2ccccc2c1=O. The van der Waals surface area contributed by atoms with Gasteiger partial charge in [0.1, 0.15) is 41.5 Å². The summed E-state index contributed by atoms with van der Waals surface area (Å²) in [6.07, 6.45) is 4.97. The molecule has 152 valence electrons. The Kier molecular flexibility index (Phi) is 4.49. The van der Waals surface area contributed by atoms with E-state index in [2.05, 4.69) is 5.10 Å². The Morgan fingerprint density at radius 3 is 2.68 bits per heavy atom. The highest BCUT2D eigenvalue weighted by atomic mass is 16.3. The molecule has 0 N–H and O–H groups in total. The van der Waals surface area contributed by atoms with E-state index in [0.29, 0.717) is 34.6 Å². The van der Waals surface area contributed by atoms with Crippen molar-refractivity contribution in [2.75, 3.05) is 0 Å². The van der Waals surface area contributed by atoms with Gasteiger partial charge in [0.25, 0.3) is 5.91 Å². The van der Waals surface area contributed by atoms with Crippen LogP contribution in [-0.2, 0) is 11.3 Å². The number of furan rings is 2. The van der Waals surface area contributed by atoms with Crippen molar-refractivity contribution in [3.05, 3.63) is 94.6 Å². The van der Waals surface area contributed by atoms with Gasteiger partial charge in [-0.25, -0.2) is 5.01 Å². The van der Waals surface area contributed by atoms with E-state index in [4.69, 9.17) is 8.83 Å². The van der Waals surface area contributed by atoms with Crippen molar-refractivity contribution in [1.29, 1.82) is 5.26 Å². The Bertz CT molecular complexity index is 1390. The minimum Gasteiger partial charge on any atom is -0.467 e. The summed E-state index contributed by atoms with van der Waals surface area (Å²) < 4.78 is 12.6. The molecule has 0 radical (unpaired) electrons. The number of aromatic nitrogens is 1. The molecule has 0 spiro atoms. The van der Waals surface area contributed by atoms with Crippen molar-refractivity contribution < 1.29 is 13.6 Å². The summed E-state index contributed by atoms with van der Waals surface area (Å²) in [5.74, 6) is 0.897. The Morgan fingerprint density at radius 2 is 1.94 bits per heavy atom. The standard InChI is InChI=1S/C23H16N4O4/c24-12-15-13-26(18-6-2-1-5-16(18)23(15)29)14-22(28)27-19(21-8-4-10-31-21)11-17(25-27)20-7-3-9-30-20/h1-10,13,19H,11,14H2. The highest BCUT2D eigenvalue weighted by molar-refractivity contribution is 6.01. The number of carbonyl (C=O) groups excluding carboxylic acids is 1. The highest BCUT2D eigenvalue weighted by Gasteiger charge is 2.35. The van der Waals surface area contributed by atoms with Gasteiger partial charge >= 0.3 is 0 Å². The highest BCUT2D eigenvalue weighted by Crippen LogP contribution is 2.33. The molecular formula is C23H16N4O4. The zero-order valence-corrected chi connectivity index (χ0v) is 16.3. The maximum atomic E-state index is 13.3. The number of para-hydroxylation sites is 1. The third kappa shape index (κ3) is 3.22. The van der Waals surface area contributed by atoms with E-state index in [0.717, 1.165) is 0 Å². The number of amides is 1. The Balaban J connectivity index is 1.54. The first-order valence-corrected chi connectivity index (χ1v) is 9.65. The molecule has 3 aromatic heterocycles. The van der Waals surface area contributed by atoms with Gasteiger partial charge in [0.2, 0.25) is 5.43 Å². The van der Waals surface area contributed by atoms with Gasteiger partial charge in [-0.3, -0.25) is 9.59 Å². The Hall–Kier alpha value is -4.38. The molecule has 1 amide bonds. The van der Waals surface area contributed by atoms with Crippen molar-refractivity contribution in [3.63, 3.8) is 0 Å². The molecule has 1 aliphatic heterocycles. The van der Waals surface area contributed by atoms with Crippen LogP contribution in [0.1, 0.15) is 29.5 Å². The van der Waals surface area contributed by atoms with Gasteiger partial charge in [-0.1, -0.05) is 12.1 Å². The molecule has 8 nitrogen and oxygen atoms in total. The molecule has 0 saturated carbocycles. The van der Waals surface area contributed by atoms with E-state index in [-0.39, 0.29) is 23.4 Å². The summed E-state index contributed by atoms with van der Waals surface area (Å²) >= 11 is 0. The normalized spacial score (nSPS) is 15.8. The lowest BCUT2D eigenvalue weighted by molar-refractivity contribution is -0.133. The van der Waals surface area contributed by atoms with Crippen LogP contribution in [0.4, 0.5) is 0 Å². The molecule has 1 unspecified atom stereocenters. The number of hydrogen-bond acceptors (Lipinski definition) is 6.